The number of nitrogens with one attached hydrogen (secondary N) is 2. The van der Waals surface area contributed by atoms with Crippen molar-refractivity contribution in [3.8, 4) is 0 Å². The number of hydroxylamine groups is 1. The molecule has 2 radical (unpaired) electrons. The molecular weight excluding hydrogens is 288 g/mol. The van der Waals surface area contributed by atoms with Gasteiger partial charge in [0.25, 0.3) is 11.5 Å². The molecule has 0 fully saturated rings. The first-order chi connectivity index (χ1) is 10.3. The lowest BCUT2D eigenvalue weighted by atomic mass is 9.96. The van der Waals surface area contributed by atoms with Crippen LogP contribution in [-0.4, -0.2) is 23.5 Å². The zero-order valence-electron chi connectivity index (χ0n) is 12.0. The molecule has 6 nitrogen and oxygen atoms in total. The van der Waals surface area contributed by atoms with Gasteiger partial charge in [-0.1, -0.05) is 11.5 Å². The number of benzene rings is 1. The zero-order valence-corrected chi connectivity index (χ0v) is 12.0. The Morgan fingerprint density at radius 3 is 2.68 bits per heavy atom. The van der Waals surface area contributed by atoms with Crippen molar-refractivity contribution in [3.05, 3.63) is 51.7 Å². The molecule has 0 aliphatic rings. The summed E-state index contributed by atoms with van der Waals surface area (Å²) in [6, 6.07) is 3.99. The molecule has 2 aromatic rings. The summed E-state index contributed by atoms with van der Waals surface area (Å²) < 4.78 is 15.1. The van der Waals surface area contributed by atoms with E-state index < -0.39 is 11.7 Å². The van der Waals surface area contributed by atoms with E-state index in [1.807, 2.05) is 0 Å². The van der Waals surface area contributed by atoms with Crippen molar-refractivity contribution < 1.29 is 14.4 Å². The van der Waals surface area contributed by atoms with E-state index >= 15 is 0 Å². The van der Waals surface area contributed by atoms with Crippen molar-refractivity contribution in [2.75, 3.05) is 5.32 Å². The molecule has 0 unspecified atom stereocenters. The number of carbonyl (C=O) groups is 1. The molecule has 1 aromatic heterocycles. The fraction of sp³-hybridized carbons (Fsp3) is 0.143. The van der Waals surface area contributed by atoms with Gasteiger partial charge in [-0.25, -0.2) is 9.87 Å². The number of halogens is 1. The van der Waals surface area contributed by atoms with Gasteiger partial charge in [-0.2, -0.15) is 0 Å². The molecular formula is C14H13BFN3O3. The zero-order chi connectivity index (χ0) is 16.4. The first-order valence-electron chi connectivity index (χ1n) is 6.32. The molecule has 2 rings (SSSR count). The Morgan fingerprint density at radius 1 is 1.41 bits per heavy atom. The maximum absolute atomic E-state index is 13.9. The topological polar surface area (TPSA) is 83.4 Å². The minimum atomic E-state index is -0.822. The second-order valence-corrected chi connectivity index (χ2v) is 4.76. The summed E-state index contributed by atoms with van der Waals surface area (Å²) >= 11 is 0. The van der Waals surface area contributed by atoms with E-state index in [0.29, 0.717) is 0 Å². The maximum atomic E-state index is 13.9. The molecule has 0 aliphatic heterocycles. The third kappa shape index (κ3) is 2.87. The minimum absolute atomic E-state index is 0.00155. The highest BCUT2D eigenvalue weighted by molar-refractivity contribution is 6.32. The van der Waals surface area contributed by atoms with E-state index in [9.17, 15) is 14.0 Å². The fourth-order valence-electron chi connectivity index (χ4n) is 2.05. The van der Waals surface area contributed by atoms with Crippen molar-refractivity contribution in [1.29, 1.82) is 0 Å². The van der Waals surface area contributed by atoms with Gasteiger partial charge in [0.15, 0.2) is 0 Å². The van der Waals surface area contributed by atoms with Crippen LogP contribution in [0.4, 0.5) is 15.8 Å². The summed E-state index contributed by atoms with van der Waals surface area (Å²) in [5.74, 6) is -1.45. The summed E-state index contributed by atoms with van der Waals surface area (Å²) in [7, 11) is 6.95. The number of carbonyl (C=O) groups excluding carboxylic acids is 1. The Bertz CT molecular complexity index is 805. The lowest BCUT2D eigenvalue weighted by Crippen LogP contribution is -2.27. The molecule has 0 spiro atoms. The molecule has 0 atom stereocenters. The normalized spacial score (nSPS) is 10.4. The van der Waals surface area contributed by atoms with Crippen LogP contribution in [0, 0.1) is 12.7 Å². The average Bonchev–Trinajstić information content (AvgIpc) is 2.49. The van der Waals surface area contributed by atoms with Gasteiger partial charge in [0.1, 0.15) is 13.7 Å². The third-order valence-electron chi connectivity index (χ3n) is 3.21. The summed E-state index contributed by atoms with van der Waals surface area (Å²) in [6.45, 7) is 1.49. The SMILES string of the molecule is [B]c1ccc(Nc2c(C(=O)NO)cn(C)c(=O)c2C)c(F)c1. The number of hydrogen-bond donors (Lipinski definition) is 3. The molecule has 22 heavy (non-hydrogen) atoms. The van der Waals surface area contributed by atoms with Crippen LogP contribution in [0.1, 0.15) is 15.9 Å². The second kappa shape index (κ2) is 6.02. The van der Waals surface area contributed by atoms with E-state index in [0.717, 1.165) is 6.07 Å². The molecule has 8 heteroatoms. The first-order valence-corrected chi connectivity index (χ1v) is 6.32. The van der Waals surface area contributed by atoms with Crippen LogP contribution in [0.2, 0.25) is 0 Å². The van der Waals surface area contributed by atoms with Crippen molar-refractivity contribution in [2.45, 2.75) is 6.92 Å². The molecule has 0 aliphatic carbocycles. The second-order valence-electron chi connectivity index (χ2n) is 4.76. The number of aromatic nitrogens is 1. The van der Waals surface area contributed by atoms with Gasteiger partial charge in [-0.3, -0.25) is 14.8 Å². The Morgan fingerprint density at radius 2 is 2.09 bits per heavy atom. The van der Waals surface area contributed by atoms with Crippen LogP contribution in [0.5, 0.6) is 0 Å². The Hall–Kier alpha value is -2.61. The predicted octanol–water partition coefficient (Wildman–Crippen LogP) is 0.489. The van der Waals surface area contributed by atoms with Crippen LogP contribution in [0.25, 0.3) is 0 Å². The van der Waals surface area contributed by atoms with E-state index in [1.54, 1.807) is 0 Å². The quantitative estimate of drug-likeness (QED) is 0.438. The van der Waals surface area contributed by atoms with E-state index in [1.165, 1.54) is 42.3 Å². The Kier molecular flexibility index (Phi) is 4.32. The minimum Gasteiger partial charge on any atom is -0.352 e. The lowest BCUT2D eigenvalue weighted by molar-refractivity contribution is 0.0706. The van der Waals surface area contributed by atoms with Gasteiger partial charge in [0.05, 0.1) is 16.9 Å². The van der Waals surface area contributed by atoms with Crippen molar-refractivity contribution in [3.63, 3.8) is 0 Å². The number of aryl methyl sites for hydroxylation is 1. The molecule has 112 valence electrons. The van der Waals surface area contributed by atoms with Crippen molar-refractivity contribution in [2.24, 2.45) is 7.05 Å². The standard InChI is InChI=1S/C14H13BFN3O3/c1-7-12(17-11-4-3-8(15)5-10(11)16)9(13(20)18-22)6-19(2)14(7)21/h3-6,17,22H,1-2H3,(H,18,20). The number of amides is 1. The van der Waals surface area contributed by atoms with E-state index in [2.05, 4.69) is 5.32 Å². The van der Waals surface area contributed by atoms with E-state index in [4.69, 9.17) is 13.1 Å². The molecule has 0 bridgehead atoms. The van der Waals surface area contributed by atoms with Crippen molar-refractivity contribution in [1.82, 2.24) is 10.0 Å². The average molecular weight is 301 g/mol. The van der Waals surface area contributed by atoms with Gasteiger partial charge in [-0.05, 0) is 19.1 Å². The monoisotopic (exact) mass is 301 g/mol. The van der Waals surface area contributed by atoms with Crippen LogP contribution < -0.4 is 21.8 Å². The van der Waals surface area contributed by atoms with E-state index in [-0.39, 0.29) is 33.5 Å². The number of anilines is 2. The van der Waals surface area contributed by atoms with Gasteiger partial charge in [0.2, 0.25) is 0 Å². The third-order valence-corrected chi connectivity index (χ3v) is 3.21. The molecule has 1 amide bonds. The summed E-state index contributed by atoms with van der Waals surface area (Å²) in [4.78, 5) is 23.7. The van der Waals surface area contributed by atoms with Gasteiger partial charge in [-0.15, -0.1) is 0 Å². The number of pyridine rings is 1. The van der Waals surface area contributed by atoms with Crippen molar-refractivity contribution >= 4 is 30.6 Å². The maximum Gasteiger partial charge on any atom is 0.278 e. The number of hydrogen-bond acceptors (Lipinski definition) is 4. The summed E-state index contributed by atoms with van der Waals surface area (Å²) in [5, 5.41) is 11.5. The first kappa shape index (κ1) is 15.8. The van der Waals surface area contributed by atoms with Gasteiger partial charge in [0, 0.05) is 18.8 Å². The van der Waals surface area contributed by atoms with Crippen LogP contribution >= 0.6 is 0 Å². The van der Waals surface area contributed by atoms with Crippen LogP contribution in [0.15, 0.2) is 29.2 Å². The molecule has 0 saturated carbocycles. The highest BCUT2D eigenvalue weighted by atomic mass is 19.1. The van der Waals surface area contributed by atoms with Crippen LogP contribution in [0.3, 0.4) is 0 Å². The molecule has 3 N–H and O–H groups in total. The smallest absolute Gasteiger partial charge is 0.278 e. The Balaban J connectivity index is 2.60. The fourth-order valence-corrected chi connectivity index (χ4v) is 2.05. The highest BCUT2D eigenvalue weighted by Gasteiger charge is 2.18. The predicted molar refractivity (Wildman–Crippen MR) is 80.7 cm³/mol. The highest BCUT2D eigenvalue weighted by Crippen LogP contribution is 2.24. The number of nitrogens with zero attached hydrogens (tertiary/aromatic N) is 1. The van der Waals surface area contributed by atoms with Crippen LogP contribution in [-0.2, 0) is 7.05 Å². The van der Waals surface area contributed by atoms with Gasteiger partial charge < -0.3 is 9.88 Å². The molecule has 1 heterocycles. The van der Waals surface area contributed by atoms with Gasteiger partial charge >= 0.3 is 0 Å². The largest absolute Gasteiger partial charge is 0.352 e. The number of rotatable bonds is 3. The summed E-state index contributed by atoms with van der Waals surface area (Å²) in [5.41, 5.74) is 1.76. The molecule has 1 aromatic carbocycles. The lowest BCUT2D eigenvalue weighted by Gasteiger charge is -2.15. The molecule has 0 saturated heterocycles. The Labute approximate surface area is 127 Å². The summed E-state index contributed by atoms with van der Waals surface area (Å²) in [6.07, 6.45) is 1.25.